The Kier molecular flexibility index (Phi) is 13.5. The lowest BCUT2D eigenvalue weighted by Gasteiger charge is -2.78. The van der Waals surface area contributed by atoms with E-state index in [-0.39, 0.29) is 30.2 Å². The lowest BCUT2D eigenvalue weighted by molar-refractivity contribution is 0.719. The molecule has 0 unspecified atom stereocenters. The Balaban J connectivity index is 3.50. The molecule has 3 rings (SSSR count). The molecule has 0 spiro atoms. The van der Waals surface area contributed by atoms with Crippen LogP contribution in [0.4, 0.5) is 0 Å². The van der Waals surface area contributed by atoms with Crippen LogP contribution in [0, 0.1) is 0 Å². The van der Waals surface area contributed by atoms with Crippen LogP contribution in [-0.2, 0) is 0 Å². The molecule has 1 aliphatic carbocycles. The molecule has 2 aromatic carbocycles. The van der Waals surface area contributed by atoms with Gasteiger partial charge in [0.25, 0.3) is 0 Å². The smallest absolute Gasteiger partial charge is 0.0486 e. The van der Waals surface area contributed by atoms with Crippen LogP contribution in [0.1, 0.15) is 136 Å². The molecular weight excluding hydrogens is 841 g/mol. The van der Waals surface area contributed by atoms with Gasteiger partial charge in [0.2, 0.25) is 0 Å². The van der Waals surface area contributed by atoms with Crippen molar-refractivity contribution in [1.29, 1.82) is 0 Å². The summed E-state index contributed by atoms with van der Waals surface area (Å²) in [5, 5.41) is 3.73. The van der Waals surface area contributed by atoms with E-state index in [0.29, 0.717) is 0 Å². The van der Waals surface area contributed by atoms with Crippen molar-refractivity contribution < 1.29 is 0 Å². The van der Waals surface area contributed by atoms with E-state index in [4.69, 9.17) is 0 Å². The third-order valence-corrected chi connectivity index (χ3v) is 245. The van der Waals surface area contributed by atoms with Gasteiger partial charge in [0, 0.05) is 57.8 Å². The Morgan fingerprint density at radius 2 is 0.431 bits per heavy atom. The summed E-state index contributed by atoms with van der Waals surface area (Å²) in [6.45, 7) is 87.4. The van der Waals surface area contributed by atoms with E-state index in [0.717, 1.165) is 0 Å². The lowest BCUT2D eigenvalue weighted by Crippen LogP contribution is -3.05. The van der Waals surface area contributed by atoms with Gasteiger partial charge < -0.3 is 0 Å². The summed E-state index contributed by atoms with van der Waals surface area (Å²) >= 11 is 0. The summed E-state index contributed by atoms with van der Waals surface area (Å²) in [4.78, 5) is 0. The minimum absolute atomic E-state index is 0.285. The molecule has 1 aliphatic rings. The van der Waals surface area contributed by atoms with E-state index in [1.165, 1.54) is 0 Å². The maximum atomic E-state index is 3.10. The van der Waals surface area contributed by atoms with E-state index in [9.17, 15) is 0 Å². The van der Waals surface area contributed by atoms with Gasteiger partial charge in [-0.15, -0.1) is 0 Å². The molecule has 0 saturated heterocycles. The maximum absolute atomic E-state index is 3.10. The number of fused-ring (bicyclic) bond motifs is 3. The first-order valence-corrected chi connectivity index (χ1v) is 54.7. The second-order valence-corrected chi connectivity index (χ2v) is 124. The number of hydrogen-bond acceptors (Lipinski definition) is 0. The largest absolute Gasteiger partial charge is 0.0713 e. The summed E-state index contributed by atoms with van der Waals surface area (Å²) in [7, 11) is -14.4. The van der Waals surface area contributed by atoms with Crippen molar-refractivity contribution in [2.75, 3.05) is 0 Å². The predicted octanol–water partition coefficient (Wildman–Crippen LogP) is 16.9. The second-order valence-electron chi connectivity index (χ2n) is 28.6. The molecule has 0 aliphatic heterocycles. The molecule has 0 N–H and O–H groups in total. The average Bonchev–Trinajstić information content (AvgIpc) is 3.30. The van der Waals surface area contributed by atoms with Crippen LogP contribution in [0.5, 0.6) is 0 Å². The monoisotopic (exact) mass is 939 g/mol. The molecule has 0 heterocycles. The van der Waals surface area contributed by atoms with Gasteiger partial charge in [0.05, 0.1) is 0 Å². The van der Waals surface area contributed by atoms with Crippen LogP contribution in [0.15, 0.2) is 48.5 Å². The number of benzene rings is 2. The molecule has 0 atom stereocenters. The summed E-state index contributed by atoms with van der Waals surface area (Å²) in [5.41, 5.74) is 6.50. The molecule has 0 aromatic heterocycles. The first-order valence-electron chi connectivity index (χ1n) is 23.2. The zero-order chi connectivity index (χ0) is 46.1. The summed E-state index contributed by atoms with van der Waals surface area (Å²) in [6.07, 6.45) is -4.94. The lowest BCUT2D eigenvalue weighted by atomic mass is 10.1. The third kappa shape index (κ3) is 6.86. The van der Waals surface area contributed by atoms with Crippen molar-refractivity contribution in [3.63, 3.8) is 0 Å². The molecule has 0 bridgehead atoms. The molecule has 9 heteroatoms. The SMILES string of the molecule is CC(C)(C)[Si](C)(C)[Si]([Si](=C1c2ccccc2-c2ccccc21)[Si]([Si](C)(C)C(C)(C)C)([Si](C)(C)C(C)(C)C)[Si](C)(C)C(C)(C)C)([Si](C)(C)C(C)(C)C)[Si](C)(C)C(C)(C)C. The van der Waals surface area contributed by atoms with Gasteiger partial charge in [-0.2, -0.15) is 0 Å². The summed E-state index contributed by atoms with van der Waals surface area (Å²) in [6, 6.07) is 20.1. The van der Waals surface area contributed by atoms with Gasteiger partial charge in [-0.1, -0.05) is 252 Å². The fourth-order valence-corrected chi connectivity index (χ4v) is 402. The Hall–Kier alpha value is 0.262. The highest BCUT2D eigenvalue weighted by Gasteiger charge is 2.84. The van der Waals surface area contributed by atoms with E-state index in [1.54, 1.807) is 22.3 Å². The highest BCUT2D eigenvalue weighted by Crippen LogP contribution is 2.66. The van der Waals surface area contributed by atoms with E-state index < -0.39 is 65.3 Å². The maximum Gasteiger partial charge on any atom is 0.0486 e. The molecule has 0 amide bonds. The van der Waals surface area contributed by atoms with Crippen molar-refractivity contribution in [3.8, 4) is 11.1 Å². The second kappa shape index (κ2) is 14.9. The van der Waals surface area contributed by atoms with Gasteiger partial charge in [-0.25, -0.2) is 0 Å². The molecule has 0 saturated carbocycles. The zero-order valence-corrected chi connectivity index (χ0v) is 53.6. The van der Waals surface area contributed by atoms with Crippen molar-refractivity contribution in [2.24, 2.45) is 0 Å². The number of hydrogen-bond donors (Lipinski definition) is 0. The minimum atomic E-state index is -2.47. The van der Waals surface area contributed by atoms with Crippen LogP contribution >= 0.6 is 0 Å². The van der Waals surface area contributed by atoms with Crippen LogP contribution < -0.4 is 0 Å². The minimum Gasteiger partial charge on any atom is -0.0713 e. The molecular formula is C49H98Si9. The van der Waals surface area contributed by atoms with Gasteiger partial charge in [-0.3, -0.25) is 0 Å². The zero-order valence-electron chi connectivity index (χ0n) is 44.6. The van der Waals surface area contributed by atoms with Crippen molar-refractivity contribution in [3.05, 3.63) is 59.7 Å². The van der Waals surface area contributed by atoms with Crippen LogP contribution in [0.2, 0.25) is 109 Å². The first-order chi connectivity index (χ1) is 25.2. The molecule has 330 valence electrons. The standard InChI is InChI=1S/C49H98Si9/c1-44(2,3)51(19,20)57(52(21,22)45(4,5)6,53(23,24)46(7,8)9)50(43-41-37-33-31-35-39(41)40-36-32-34-38-42(40)43)58(54(25,26)47(10,11)12,55(27,28)48(13,14)15)56(29,30)49(16,17)18/h31-38H,1-30H3. The third-order valence-electron chi connectivity index (χ3n) is 20.6. The Morgan fingerprint density at radius 1 is 0.276 bits per heavy atom. The quantitative estimate of drug-likeness (QED) is 0.197. The first kappa shape index (κ1) is 52.6. The normalized spacial score (nSPS) is 16.4. The molecule has 0 nitrogen and oxygen atoms in total. The number of rotatable bonds is 8. The van der Waals surface area contributed by atoms with Crippen molar-refractivity contribution in [2.45, 2.75) is 233 Å². The van der Waals surface area contributed by atoms with Crippen molar-refractivity contribution in [1.82, 2.24) is 0 Å². The molecule has 0 fully saturated rings. The topological polar surface area (TPSA) is 0 Å². The molecule has 58 heavy (non-hydrogen) atoms. The summed E-state index contributed by atoms with van der Waals surface area (Å²) in [5.74, 6) is 0. The van der Waals surface area contributed by atoms with E-state index in [1.807, 2.05) is 5.17 Å². The van der Waals surface area contributed by atoms with Crippen LogP contribution in [0.25, 0.3) is 11.1 Å². The van der Waals surface area contributed by atoms with Crippen LogP contribution in [-0.4, -0.2) is 70.4 Å². The fourth-order valence-electron chi connectivity index (χ4n) is 12.9. The highest BCUT2D eigenvalue weighted by atomic mass is 30.4. The highest BCUT2D eigenvalue weighted by molar-refractivity contribution is 8.23. The van der Waals surface area contributed by atoms with Gasteiger partial charge in [0.15, 0.2) is 0 Å². The van der Waals surface area contributed by atoms with Crippen molar-refractivity contribution >= 4 is 70.4 Å². The van der Waals surface area contributed by atoms with Gasteiger partial charge in [-0.05, 0) is 65.1 Å². The van der Waals surface area contributed by atoms with Gasteiger partial charge >= 0.3 is 0 Å². The fraction of sp³-hybridized carbons (Fsp3) is 0.735. The Morgan fingerprint density at radius 3 is 0.586 bits per heavy atom. The molecule has 2 aromatic rings. The Labute approximate surface area is 372 Å². The van der Waals surface area contributed by atoms with Gasteiger partial charge in [0.1, 0.15) is 0 Å². The average molecular weight is 940 g/mol. The Bertz CT molecular complexity index is 1620. The molecule has 0 radical (unpaired) electrons. The summed E-state index contributed by atoms with van der Waals surface area (Å²) < 4.78 is 0. The predicted molar refractivity (Wildman–Crippen MR) is 296 cm³/mol. The van der Waals surface area contributed by atoms with E-state index >= 15 is 0 Å². The van der Waals surface area contributed by atoms with E-state index in [2.05, 4.69) is 252 Å². The van der Waals surface area contributed by atoms with Crippen LogP contribution in [0.3, 0.4) is 0 Å².